The fourth-order valence-electron chi connectivity index (χ4n) is 3.58. The van der Waals surface area contributed by atoms with Gasteiger partial charge < -0.3 is 9.47 Å². The van der Waals surface area contributed by atoms with Crippen LogP contribution in [0, 0.1) is 0 Å². The number of aromatic amines is 1. The molecule has 0 aliphatic carbocycles. The molecule has 4 aromatic rings. The molecule has 3 aromatic carbocycles. The second-order valence-electron chi connectivity index (χ2n) is 6.78. The zero-order chi connectivity index (χ0) is 19.3. The number of hydrogen-bond acceptors (Lipinski definition) is 5. The van der Waals surface area contributed by atoms with Crippen LogP contribution in [0.3, 0.4) is 0 Å². The average molecular weight is 394 g/mol. The van der Waals surface area contributed by atoms with Gasteiger partial charge in [0.15, 0.2) is 16.5 Å². The minimum absolute atomic E-state index is 0.0241. The Hall–Kier alpha value is -3.06. The van der Waals surface area contributed by atoms with Crippen LogP contribution in [0.15, 0.2) is 64.5 Å². The van der Waals surface area contributed by atoms with Crippen molar-refractivity contribution in [3.05, 3.63) is 54.6 Å². The molecular formula is C21H18N2O4S. The maximum absolute atomic E-state index is 13.6. The Kier molecular flexibility index (Phi) is 3.80. The van der Waals surface area contributed by atoms with Gasteiger partial charge in [0.05, 0.1) is 15.8 Å². The fraction of sp³-hybridized carbons (Fsp3) is 0.190. The van der Waals surface area contributed by atoms with Crippen molar-refractivity contribution in [2.75, 3.05) is 6.61 Å². The van der Waals surface area contributed by atoms with Crippen molar-refractivity contribution >= 4 is 31.5 Å². The van der Waals surface area contributed by atoms with Crippen molar-refractivity contribution in [3.63, 3.8) is 0 Å². The van der Waals surface area contributed by atoms with E-state index in [2.05, 4.69) is 10.2 Å². The summed E-state index contributed by atoms with van der Waals surface area (Å²) in [5.74, 6) is 0.969. The fourth-order valence-corrected chi connectivity index (χ4v) is 5.17. The largest absolute Gasteiger partial charge is 0.486 e. The number of hydrogen-bond donors (Lipinski definition) is 1. The maximum Gasteiger partial charge on any atom is 0.224 e. The molecule has 2 heterocycles. The molecule has 6 nitrogen and oxygen atoms in total. The second-order valence-corrected chi connectivity index (χ2v) is 8.63. The van der Waals surface area contributed by atoms with Crippen LogP contribution in [0.5, 0.6) is 11.5 Å². The molecular weight excluding hydrogens is 376 g/mol. The SMILES string of the molecule is CCC1COc2ccc3n[nH]c(S(=O)(=O)c4cccc5ccccc45)c3c2O1. The summed E-state index contributed by atoms with van der Waals surface area (Å²) >= 11 is 0. The first-order valence-electron chi connectivity index (χ1n) is 9.13. The topological polar surface area (TPSA) is 81.3 Å². The molecule has 1 unspecified atom stereocenters. The summed E-state index contributed by atoms with van der Waals surface area (Å²) in [7, 11) is -3.86. The van der Waals surface area contributed by atoms with Crippen molar-refractivity contribution in [3.8, 4) is 11.5 Å². The Morgan fingerprint density at radius 2 is 1.93 bits per heavy atom. The number of aromatic nitrogens is 2. The molecule has 28 heavy (non-hydrogen) atoms. The number of nitrogens with one attached hydrogen (secondary N) is 1. The summed E-state index contributed by atoms with van der Waals surface area (Å²) in [6.45, 7) is 2.44. The number of nitrogens with zero attached hydrogens (tertiary/aromatic N) is 1. The minimum atomic E-state index is -3.86. The molecule has 0 radical (unpaired) electrons. The molecule has 7 heteroatoms. The van der Waals surface area contributed by atoms with Crippen LogP contribution in [0.1, 0.15) is 13.3 Å². The first kappa shape index (κ1) is 17.1. The molecule has 142 valence electrons. The molecule has 1 aliphatic rings. The third-order valence-electron chi connectivity index (χ3n) is 5.08. The number of ether oxygens (including phenoxy) is 2. The van der Waals surface area contributed by atoms with Crippen LogP contribution < -0.4 is 9.47 Å². The predicted molar refractivity (Wildman–Crippen MR) is 106 cm³/mol. The van der Waals surface area contributed by atoms with E-state index < -0.39 is 9.84 Å². The highest BCUT2D eigenvalue weighted by molar-refractivity contribution is 7.91. The van der Waals surface area contributed by atoms with Gasteiger partial charge in [0.25, 0.3) is 0 Å². The number of sulfone groups is 1. The first-order chi connectivity index (χ1) is 13.6. The van der Waals surface area contributed by atoms with Gasteiger partial charge in [0.2, 0.25) is 9.84 Å². The summed E-state index contributed by atoms with van der Waals surface area (Å²) in [5, 5.41) is 8.92. The van der Waals surface area contributed by atoms with Gasteiger partial charge in [-0.1, -0.05) is 43.3 Å². The van der Waals surface area contributed by atoms with Gasteiger partial charge in [0.1, 0.15) is 12.7 Å². The van der Waals surface area contributed by atoms with Gasteiger partial charge in [-0.05, 0) is 30.0 Å². The van der Waals surface area contributed by atoms with Gasteiger partial charge in [-0.15, -0.1) is 0 Å². The van der Waals surface area contributed by atoms with Crippen molar-refractivity contribution in [1.29, 1.82) is 0 Å². The molecule has 0 fully saturated rings. The molecule has 1 aliphatic heterocycles. The molecule has 0 bridgehead atoms. The van der Waals surface area contributed by atoms with Crippen LogP contribution in [0.25, 0.3) is 21.7 Å². The maximum atomic E-state index is 13.6. The lowest BCUT2D eigenvalue weighted by Crippen LogP contribution is -2.28. The van der Waals surface area contributed by atoms with Crippen LogP contribution in [0.2, 0.25) is 0 Å². The van der Waals surface area contributed by atoms with Crippen LogP contribution >= 0.6 is 0 Å². The Balaban J connectivity index is 1.77. The molecule has 1 atom stereocenters. The summed E-state index contributed by atoms with van der Waals surface area (Å²) < 4.78 is 39.0. The Bertz CT molecular complexity index is 1310. The predicted octanol–water partition coefficient (Wildman–Crippen LogP) is 4.10. The normalized spacial score (nSPS) is 16.5. The Morgan fingerprint density at radius 1 is 1.11 bits per heavy atom. The van der Waals surface area contributed by atoms with E-state index in [1.807, 2.05) is 37.3 Å². The molecule has 5 rings (SSSR count). The van der Waals surface area contributed by atoms with E-state index in [1.165, 1.54) is 0 Å². The monoisotopic (exact) mass is 394 g/mol. The van der Waals surface area contributed by atoms with Gasteiger partial charge in [0, 0.05) is 5.39 Å². The number of H-pyrrole nitrogens is 1. The highest BCUT2D eigenvalue weighted by Crippen LogP contribution is 2.43. The van der Waals surface area contributed by atoms with E-state index in [9.17, 15) is 8.42 Å². The van der Waals surface area contributed by atoms with Gasteiger partial charge in [-0.2, -0.15) is 5.10 Å². The van der Waals surface area contributed by atoms with Crippen molar-refractivity contribution in [2.45, 2.75) is 29.4 Å². The lowest BCUT2D eigenvalue weighted by atomic mass is 10.1. The summed E-state index contributed by atoms with van der Waals surface area (Å²) in [6.07, 6.45) is 0.639. The molecule has 0 amide bonds. The van der Waals surface area contributed by atoms with Crippen molar-refractivity contribution in [1.82, 2.24) is 10.2 Å². The van der Waals surface area contributed by atoms with Gasteiger partial charge in [-0.25, -0.2) is 8.42 Å². The Morgan fingerprint density at radius 3 is 2.79 bits per heavy atom. The zero-order valence-electron chi connectivity index (χ0n) is 15.2. The lowest BCUT2D eigenvalue weighted by molar-refractivity contribution is 0.0903. The van der Waals surface area contributed by atoms with Gasteiger partial charge >= 0.3 is 0 Å². The first-order valence-corrected chi connectivity index (χ1v) is 10.6. The van der Waals surface area contributed by atoms with E-state index in [-0.39, 0.29) is 16.0 Å². The standard InChI is InChI=1S/C21H18N2O4S/c1-2-14-12-26-17-11-10-16-19(20(17)27-14)21(23-22-16)28(24,25)18-9-5-7-13-6-3-4-8-15(13)18/h3-11,14H,2,12H2,1H3,(H,22,23). The van der Waals surface area contributed by atoms with Crippen molar-refractivity contribution in [2.24, 2.45) is 0 Å². The second kappa shape index (κ2) is 6.24. The van der Waals surface area contributed by atoms with Crippen LogP contribution in [-0.2, 0) is 9.84 Å². The molecule has 1 N–H and O–H groups in total. The van der Waals surface area contributed by atoms with E-state index in [4.69, 9.17) is 9.47 Å². The quantitative estimate of drug-likeness (QED) is 0.566. The molecule has 0 saturated carbocycles. The van der Waals surface area contributed by atoms with E-state index >= 15 is 0 Å². The van der Waals surface area contributed by atoms with E-state index in [1.54, 1.807) is 24.3 Å². The van der Waals surface area contributed by atoms with Gasteiger partial charge in [-0.3, -0.25) is 5.10 Å². The minimum Gasteiger partial charge on any atom is -0.486 e. The lowest BCUT2D eigenvalue weighted by Gasteiger charge is -2.26. The molecule has 0 saturated heterocycles. The number of rotatable bonds is 3. The summed E-state index contributed by atoms with van der Waals surface area (Å²) in [4.78, 5) is 0.234. The smallest absolute Gasteiger partial charge is 0.224 e. The highest BCUT2D eigenvalue weighted by Gasteiger charge is 2.31. The Labute approximate surface area is 162 Å². The molecule has 1 aromatic heterocycles. The third kappa shape index (κ3) is 2.46. The van der Waals surface area contributed by atoms with Crippen LogP contribution in [-0.4, -0.2) is 31.3 Å². The van der Waals surface area contributed by atoms with E-state index in [0.717, 1.165) is 11.8 Å². The van der Waals surface area contributed by atoms with E-state index in [0.29, 0.717) is 34.4 Å². The third-order valence-corrected chi connectivity index (χ3v) is 6.84. The summed E-state index contributed by atoms with van der Waals surface area (Å²) in [6, 6.07) is 16.2. The molecule has 0 spiro atoms. The summed E-state index contributed by atoms with van der Waals surface area (Å²) in [5.41, 5.74) is 0.526. The highest BCUT2D eigenvalue weighted by atomic mass is 32.2. The van der Waals surface area contributed by atoms with Crippen molar-refractivity contribution < 1.29 is 17.9 Å². The number of benzene rings is 3. The van der Waals surface area contributed by atoms with Crippen LogP contribution in [0.4, 0.5) is 0 Å². The average Bonchev–Trinajstić information content (AvgIpc) is 3.18. The zero-order valence-corrected chi connectivity index (χ0v) is 16.0. The number of fused-ring (bicyclic) bond motifs is 4.